The molecule has 2 N–H and O–H groups in total. The highest BCUT2D eigenvalue weighted by Gasteiger charge is 2.10. The minimum absolute atomic E-state index is 0.0152. The van der Waals surface area contributed by atoms with Gasteiger partial charge in [0.1, 0.15) is 5.56 Å². The number of anilines is 1. The van der Waals surface area contributed by atoms with Crippen LogP contribution in [0.2, 0.25) is 0 Å². The molecular weight excluding hydrogens is 286 g/mol. The molecule has 1 aromatic heterocycles. The normalized spacial score (nSPS) is 10.6. The third-order valence-corrected chi connectivity index (χ3v) is 3.13. The van der Waals surface area contributed by atoms with Crippen molar-refractivity contribution in [3.8, 4) is 0 Å². The summed E-state index contributed by atoms with van der Waals surface area (Å²) in [5.41, 5.74) is 0.0153. The fraction of sp³-hybridized carbons (Fsp3) is 0.0769. The van der Waals surface area contributed by atoms with Gasteiger partial charge in [0.2, 0.25) is 0 Å². The molecular formula is C13H10F2N2O2S. The highest BCUT2D eigenvalue weighted by Crippen LogP contribution is 2.26. The Labute approximate surface area is 117 Å². The lowest BCUT2D eigenvalue weighted by molar-refractivity contribution is 0.102. The zero-order chi connectivity index (χ0) is 14.5. The molecule has 20 heavy (non-hydrogen) atoms. The molecule has 0 spiro atoms. The van der Waals surface area contributed by atoms with Gasteiger partial charge in [0.05, 0.1) is 0 Å². The van der Waals surface area contributed by atoms with E-state index in [2.05, 4.69) is 10.3 Å². The van der Waals surface area contributed by atoms with Crippen LogP contribution in [0.3, 0.4) is 0 Å². The largest absolute Gasteiger partial charge is 0.367 e. The van der Waals surface area contributed by atoms with Crippen LogP contribution in [0.4, 0.5) is 14.5 Å². The fourth-order valence-corrected chi connectivity index (χ4v) is 2.01. The minimum atomic E-state index is -2.49. The predicted octanol–water partition coefficient (Wildman–Crippen LogP) is 2.94. The number of halogens is 2. The van der Waals surface area contributed by atoms with Gasteiger partial charge in [-0.2, -0.15) is 8.78 Å². The first-order valence-corrected chi connectivity index (χ1v) is 6.47. The van der Waals surface area contributed by atoms with Crippen LogP contribution in [0.15, 0.2) is 52.4 Å². The standard InChI is InChI=1S/C13H10F2N2O2S/c14-13(15)20-9-3-1-8(2-4-9)17-12(19)10-7-16-6-5-11(10)18/h1-7,13H,(H,16,18)(H,17,19). The molecule has 0 saturated carbocycles. The van der Waals surface area contributed by atoms with Crippen LogP contribution >= 0.6 is 11.8 Å². The van der Waals surface area contributed by atoms with Gasteiger partial charge >= 0.3 is 0 Å². The van der Waals surface area contributed by atoms with Gasteiger partial charge in [-0.05, 0) is 24.3 Å². The molecule has 0 saturated heterocycles. The molecule has 0 unspecified atom stereocenters. The second-order valence-corrected chi connectivity index (χ2v) is 4.84. The number of hydrogen-bond acceptors (Lipinski definition) is 3. The Morgan fingerprint density at radius 3 is 2.50 bits per heavy atom. The monoisotopic (exact) mass is 296 g/mol. The molecule has 1 amide bonds. The summed E-state index contributed by atoms with van der Waals surface area (Å²) in [7, 11) is 0. The summed E-state index contributed by atoms with van der Waals surface area (Å²) in [5.74, 6) is -3.04. The van der Waals surface area contributed by atoms with Crippen molar-refractivity contribution in [2.45, 2.75) is 10.7 Å². The first-order valence-electron chi connectivity index (χ1n) is 5.59. The molecule has 4 nitrogen and oxygen atoms in total. The van der Waals surface area contributed by atoms with Gasteiger partial charge in [0.15, 0.2) is 5.43 Å². The van der Waals surface area contributed by atoms with Crippen molar-refractivity contribution >= 4 is 23.4 Å². The fourth-order valence-electron chi connectivity index (χ4n) is 1.51. The average molecular weight is 296 g/mol. The number of thioether (sulfide) groups is 1. The highest BCUT2D eigenvalue weighted by atomic mass is 32.2. The Kier molecular flexibility index (Phi) is 4.52. The van der Waals surface area contributed by atoms with E-state index in [1.54, 1.807) is 0 Å². The number of rotatable bonds is 4. The summed E-state index contributed by atoms with van der Waals surface area (Å²) in [4.78, 5) is 26.4. The first kappa shape index (κ1) is 14.3. The topological polar surface area (TPSA) is 62.0 Å². The number of carbonyl (C=O) groups is 1. The van der Waals surface area contributed by atoms with Crippen LogP contribution in [0.1, 0.15) is 10.4 Å². The summed E-state index contributed by atoms with van der Waals surface area (Å²) in [6.45, 7) is 0. The molecule has 1 heterocycles. The number of hydrogen-bond donors (Lipinski definition) is 2. The Morgan fingerprint density at radius 1 is 1.20 bits per heavy atom. The van der Waals surface area contributed by atoms with Crippen LogP contribution in [-0.4, -0.2) is 16.6 Å². The summed E-state index contributed by atoms with van der Waals surface area (Å²) < 4.78 is 24.3. The lowest BCUT2D eigenvalue weighted by Gasteiger charge is -2.06. The van der Waals surface area contributed by atoms with E-state index in [4.69, 9.17) is 0 Å². The zero-order valence-electron chi connectivity index (χ0n) is 10.1. The molecule has 7 heteroatoms. The quantitative estimate of drug-likeness (QED) is 0.853. The first-order chi connectivity index (χ1) is 9.56. The number of nitrogens with one attached hydrogen (secondary N) is 2. The third kappa shape index (κ3) is 3.67. The number of amides is 1. The maximum atomic E-state index is 12.2. The Bertz CT molecular complexity index is 656. The number of aromatic nitrogens is 1. The molecule has 0 aliphatic heterocycles. The number of alkyl halides is 2. The number of H-pyrrole nitrogens is 1. The van der Waals surface area contributed by atoms with Crippen molar-refractivity contribution in [1.29, 1.82) is 0 Å². The molecule has 0 bridgehead atoms. The van der Waals surface area contributed by atoms with Crippen molar-refractivity contribution in [3.63, 3.8) is 0 Å². The minimum Gasteiger partial charge on any atom is -0.367 e. The van der Waals surface area contributed by atoms with Crippen LogP contribution in [0.5, 0.6) is 0 Å². The Morgan fingerprint density at radius 2 is 1.90 bits per heavy atom. The predicted molar refractivity (Wildman–Crippen MR) is 73.3 cm³/mol. The lowest BCUT2D eigenvalue weighted by atomic mass is 10.2. The summed E-state index contributed by atoms with van der Waals surface area (Å²) in [6, 6.07) is 7.19. The maximum absolute atomic E-state index is 12.2. The van der Waals surface area contributed by atoms with E-state index >= 15 is 0 Å². The van der Waals surface area contributed by atoms with Gasteiger partial charge in [0.25, 0.3) is 11.7 Å². The van der Waals surface area contributed by atoms with E-state index in [1.165, 1.54) is 42.7 Å². The van der Waals surface area contributed by atoms with Crippen LogP contribution in [-0.2, 0) is 0 Å². The van der Waals surface area contributed by atoms with Crippen molar-refractivity contribution in [2.75, 3.05) is 5.32 Å². The Hall–Kier alpha value is -2.15. The zero-order valence-corrected chi connectivity index (χ0v) is 10.9. The SMILES string of the molecule is O=C(Nc1ccc(SC(F)F)cc1)c1c[nH]ccc1=O. The smallest absolute Gasteiger partial charge is 0.288 e. The molecule has 2 rings (SSSR count). The number of aromatic amines is 1. The maximum Gasteiger partial charge on any atom is 0.288 e. The molecule has 2 aromatic rings. The van der Waals surface area contributed by atoms with E-state index in [9.17, 15) is 18.4 Å². The van der Waals surface area contributed by atoms with Crippen molar-refractivity contribution < 1.29 is 13.6 Å². The van der Waals surface area contributed by atoms with Crippen molar-refractivity contribution in [3.05, 3.63) is 58.5 Å². The average Bonchev–Trinajstić information content (AvgIpc) is 2.41. The van der Waals surface area contributed by atoms with Crippen molar-refractivity contribution in [1.82, 2.24) is 4.98 Å². The molecule has 0 atom stereocenters. The lowest BCUT2D eigenvalue weighted by Crippen LogP contribution is -2.20. The van der Waals surface area contributed by atoms with Gasteiger partial charge < -0.3 is 10.3 Å². The van der Waals surface area contributed by atoms with E-state index in [0.717, 1.165) is 0 Å². The number of carbonyl (C=O) groups excluding carboxylic acids is 1. The van der Waals surface area contributed by atoms with Gasteiger partial charge in [-0.1, -0.05) is 11.8 Å². The van der Waals surface area contributed by atoms with E-state index in [0.29, 0.717) is 22.3 Å². The summed E-state index contributed by atoms with van der Waals surface area (Å²) >= 11 is 0.424. The van der Waals surface area contributed by atoms with E-state index < -0.39 is 17.1 Å². The molecule has 1 aromatic carbocycles. The highest BCUT2D eigenvalue weighted by molar-refractivity contribution is 7.99. The number of pyridine rings is 1. The summed E-state index contributed by atoms with van der Waals surface area (Å²) in [6.07, 6.45) is 2.73. The van der Waals surface area contributed by atoms with Crippen LogP contribution in [0.25, 0.3) is 0 Å². The van der Waals surface area contributed by atoms with Gasteiger partial charge in [0, 0.05) is 29.0 Å². The molecule has 0 radical (unpaired) electrons. The van der Waals surface area contributed by atoms with Crippen LogP contribution < -0.4 is 10.7 Å². The van der Waals surface area contributed by atoms with Crippen LogP contribution in [0, 0.1) is 0 Å². The molecule has 0 fully saturated rings. The molecule has 0 aliphatic rings. The molecule has 104 valence electrons. The molecule has 0 aliphatic carbocycles. The van der Waals surface area contributed by atoms with Crippen molar-refractivity contribution in [2.24, 2.45) is 0 Å². The van der Waals surface area contributed by atoms with E-state index in [1.807, 2.05) is 0 Å². The van der Waals surface area contributed by atoms with Gasteiger partial charge in [-0.25, -0.2) is 0 Å². The Balaban J connectivity index is 2.09. The third-order valence-electron chi connectivity index (χ3n) is 2.41. The van der Waals surface area contributed by atoms with Gasteiger partial charge in [-0.3, -0.25) is 9.59 Å². The second-order valence-electron chi connectivity index (χ2n) is 3.78. The van der Waals surface area contributed by atoms with E-state index in [-0.39, 0.29) is 5.56 Å². The number of benzene rings is 1. The second kappa shape index (κ2) is 6.33. The summed E-state index contributed by atoms with van der Waals surface area (Å²) in [5, 5.41) is 2.52. The van der Waals surface area contributed by atoms with Gasteiger partial charge in [-0.15, -0.1) is 0 Å².